The second-order valence-corrected chi connectivity index (χ2v) is 11.5. The zero-order valence-corrected chi connectivity index (χ0v) is 24.6. The van der Waals surface area contributed by atoms with Gasteiger partial charge in [-0.15, -0.1) is 0 Å². The molecule has 2 N–H and O–H groups in total. The van der Waals surface area contributed by atoms with Crippen molar-refractivity contribution in [3.8, 4) is 0 Å². The highest BCUT2D eigenvalue weighted by Crippen LogP contribution is 2.35. The van der Waals surface area contributed by atoms with Crippen molar-refractivity contribution in [2.24, 2.45) is 5.92 Å². The molecule has 2 aliphatic heterocycles. The number of aromatic nitrogens is 3. The maximum Gasteiger partial charge on any atom is 0.280 e. The third-order valence-corrected chi connectivity index (χ3v) is 8.45. The fourth-order valence-corrected chi connectivity index (χ4v) is 6.23. The Morgan fingerprint density at radius 3 is 2.73 bits per heavy atom. The van der Waals surface area contributed by atoms with Crippen molar-refractivity contribution in [1.29, 1.82) is 0 Å². The van der Waals surface area contributed by atoms with Gasteiger partial charge in [0.05, 0.1) is 25.7 Å². The molecular formula is C32H36F2N6O4. The van der Waals surface area contributed by atoms with Gasteiger partial charge in [-0.3, -0.25) is 14.9 Å². The van der Waals surface area contributed by atoms with Crippen LogP contribution in [-0.2, 0) is 22.5 Å². The highest BCUT2D eigenvalue weighted by atomic mass is 19.1. The van der Waals surface area contributed by atoms with Gasteiger partial charge in [-0.2, -0.15) is 5.16 Å². The van der Waals surface area contributed by atoms with Crippen molar-refractivity contribution < 1.29 is 22.8 Å². The highest BCUT2D eigenvalue weighted by molar-refractivity contribution is 5.92. The first-order chi connectivity index (χ1) is 21.3. The predicted octanol–water partition coefficient (Wildman–Crippen LogP) is 3.92. The number of halogens is 2. The van der Waals surface area contributed by atoms with E-state index in [4.69, 9.17) is 9.26 Å². The van der Waals surface area contributed by atoms with Gasteiger partial charge in [0.25, 0.3) is 5.56 Å². The molecule has 2 aliphatic rings. The number of carbonyl (C=O) groups excluding carboxylic acids is 1. The Hall–Kier alpha value is -4.29. The van der Waals surface area contributed by atoms with Gasteiger partial charge in [0.2, 0.25) is 11.9 Å². The first kappa shape index (κ1) is 29.8. The number of hydrogen-bond acceptors (Lipinski definition) is 7. The molecule has 2 aromatic carbocycles. The summed E-state index contributed by atoms with van der Waals surface area (Å²) in [6, 6.07) is 11.3. The van der Waals surface area contributed by atoms with Gasteiger partial charge in [0.15, 0.2) is 0 Å². The van der Waals surface area contributed by atoms with E-state index in [-0.39, 0.29) is 11.5 Å². The molecule has 1 amide bonds. The van der Waals surface area contributed by atoms with E-state index in [0.717, 1.165) is 36.0 Å². The van der Waals surface area contributed by atoms with Gasteiger partial charge in [0, 0.05) is 68.7 Å². The normalized spacial score (nSPS) is 19.0. The number of aryl methyl sites for hydroxylation is 2. The van der Waals surface area contributed by atoms with E-state index in [1.165, 1.54) is 18.2 Å². The zero-order chi connectivity index (χ0) is 30.6. The van der Waals surface area contributed by atoms with Crippen molar-refractivity contribution >= 4 is 17.5 Å². The Kier molecular flexibility index (Phi) is 8.89. The maximum atomic E-state index is 15.0. The molecule has 232 valence electrons. The summed E-state index contributed by atoms with van der Waals surface area (Å²) in [4.78, 5) is 34.0. The molecule has 0 bridgehead atoms. The number of aromatic amines is 1. The number of nitrogens with one attached hydrogen (secondary N) is 2. The molecule has 44 heavy (non-hydrogen) atoms. The number of amides is 1. The van der Waals surface area contributed by atoms with E-state index in [1.807, 2.05) is 10.8 Å². The number of ether oxygens (including phenoxy) is 1. The van der Waals surface area contributed by atoms with E-state index >= 15 is 0 Å². The lowest BCUT2D eigenvalue weighted by Gasteiger charge is -2.31. The summed E-state index contributed by atoms with van der Waals surface area (Å²) in [5.74, 6) is -1.71. The van der Waals surface area contributed by atoms with E-state index in [9.17, 15) is 18.4 Å². The van der Waals surface area contributed by atoms with Crippen LogP contribution in [0.2, 0.25) is 0 Å². The summed E-state index contributed by atoms with van der Waals surface area (Å²) in [7, 11) is 0. The maximum absolute atomic E-state index is 15.0. The predicted molar refractivity (Wildman–Crippen MR) is 161 cm³/mol. The van der Waals surface area contributed by atoms with Gasteiger partial charge in [-0.25, -0.2) is 13.8 Å². The SMILES string of the molecule is Cc1ccc(Cn2ccnc2NC(=O)[C@@H]2CN(CCCc3cc(=O)[nH]o3)C[C@H]2c2ccc(F)cc2F)c(N2CCOCC2)c1. The van der Waals surface area contributed by atoms with Crippen LogP contribution < -0.4 is 15.8 Å². The van der Waals surface area contributed by atoms with Crippen molar-refractivity contribution in [3.63, 3.8) is 0 Å². The molecule has 2 atom stereocenters. The Bertz CT molecular complexity index is 1660. The average molecular weight is 607 g/mol. The summed E-state index contributed by atoms with van der Waals surface area (Å²) in [5.41, 5.74) is 3.42. The average Bonchev–Trinajstić information content (AvgIpc) is 3.75. The van der Waals surface area contributed by atoms with Crippen molar-refractivity contribution in [1.82, 2.24) is 19.6 Å². The quantitative estimate of drug-likeness (QED) is 0.282. The number of carbonyl (C=O) groups is 1. The summed E-state index contributed by atoms with van der Waals surface area (Å²) < 4.78 is 41.3. The minimum Gasteiger partial charge on any atom is -0.384 e. The number of H-pyrrole nitrogens is 1. The van der Waals surface area contributed by atoms with Crippen molar-refractivity contribution in [2.45, 2.75) is 32.2 Å². The number of imidazole rings is 1. The molecular weight excluding hydrogens is 570 g/mol. The van der Waals surface area contributed by atoms with E-state index < -0.39 is 23.5 Å². The van der Waals surface area contributed by atoms with Crippen LogP contribution in [0.25, 0.3) is 0 Å². The first-order valence-electron chi connectivity index (χ1n) is 14.9. The smallest absolute Gasteiger partial charge is 0.280 e. The van der Waals surface area contributed by atoms with Gasteiger partial charge in [-0.1, -0.05) is 18.2 Å². The largest absolute Gasteiger partial charge is 0.384 e. The first-order valence-corrected chi connectivity index (χ1v) is 14.9. The molecule has 0 radical (unpaired) electrons. The summed E-state index contributed by atoms with van der Waals surface area (Å²) in [5, 5.41) is 5.29. The third kappa shape index (κ3) is 6.76. The van der Waals surface area contributed by atoms with Crippen molar-refractivity contribution in [2.75, 3.05) is 56.2 Å². The van der Waals surface area contributed by atoms with E-state index in [0.29, 0.717) is 69.5 Å². The molecule has 10 nitrogen and oxygen atoms in total. The molecule has 4 heterocycles. The summed E-state index contributed by atoms with van der Waals surface area (Å²) >= 11 is 0. The van der Waals surface area contributed by atoms with E-state index in [1.54, 1.807) is 6.20 Å². The minimum absolute atomic E-state index is 0.275. The van der Waals surface area contributed by atoms with Crippen LogP contribution in [0.3, 0.4) is 0 Å². The molecule has 12 heteroatoms. The lowest BCUT2D eigenvalue weighted by molar-refractivity contribution is -0.120. The molecule has 2 fully saturated rings. The number of benzene rings is 2. The van der Waals surface area contributed by atoms with Crippen LogP contribution >= 0.6 is 0 Å². The Labute approximate surface area is 253 Å². The van der Waals surface area contributed by atoms with Gasteiger partial charge in [0.1, 0.15) is 17.4 Å². The van der Waals surface area contributed by atoms with Gasteiger partial charge >= 0.3 is 0 Å². The molecule has 0 aliphatic carbocycles. The summed E-state index contributed by atoms with van der Waals surface area (Å²) in [6.07, 6.45) is 4.70. The lowest BCUT2D eigenvalue weighted by atomic mass is 9.88. The van der Waals surface area contributed by atoms with Crippen LogP contribution in [-0.4, -0.2) is 71.5 Å². The van der Waals surface area contributed by atoms with Gasteiger partial charge < -0.3 is 23.6 Å². The number of likely N-dealkylation sites (tertiary alicyclic amines) is 1. The van der Waals surface area contributed by atoms with Crippen LogP contribution in [0.4, 0.5) is 20.4 Å². The summed E-state index contributed by atoms with van der Waals surface area (Å²) in [6.45, 7) is 6.98. The monoisotopic (exact) mass is 606 g/mol. The lowest BCUT2D eigenvalue weighted by Crippen LogP contribution is -2.37. The Morgan fingerprint density at radius 1 is 1.11 bits per heavy atom. The zero-order valence-electron chi connectivity index (χ0n) is 24.6. The highest BCUT2D eigenvalue weighted by Gasteiger charge is 2.40. The molecule has 0 saturated carbocycles. The topological polar surface area (TPSA) is 109 Å². The Balaban J connectivity index is 1.18. The molecule has 2 saturated heterocycles. The molecule has 2 aromatic heterocycles. The fourth-order valence-electron chi connectivity index (χ4n) is 6.23. The molecule has 0 unspecified atom stereocenters. The number of hydrogen-bond donors (Lipinski definition) is 2. The van der Waals surface area contributed by atoms with E-state index in [2.05, 4.69) is 50.4 Å². The number of nitrogens with zero attached hydrogens (tertiary/aromatic N) is 4. The molecule has 6 rings (SSSR count). The fraction of sp³-hybridized carbons (Fsp3) is 0.406. The number of morpholine rings is 1. The second-order valence-electron chi connectivity index (χ2n) is 11.5. The Morgan fingerprint density at radius 2 is 1.95 bits per heavy atom. The van der Waals surface area contributed by atoms with Crippen LogP contribution in [0.15, 0.2) is 64.2 Å². The minimum atomic E-state index is -0.666. The molecule has 0 spiro atoms. The standard InChI is InChI=1S/C32H36F2N6O4/c1-21-4-5-22(29(15-21)39-11-13-43-14-12-39)18-40-10-8-35-32(40)36-31(42)27-20-38(9-2-3-24-17-30(41)37-44-24)19-26(27)25-7-6-23(33)16-28(25)34/h4-8,10,15-17,26-27H,2-3,9,11-14,18-20H2,1H3,(H,37,41)(H,35,36,42)/t26-,27+/m0/s1. The van der Waals surface area contributed by atoms with Crippen LogP contribution in [0.1, 0.15) is 34.8 Å². The number of rotatable bonds is 10. The van der Waals surface area contributed by atoms with Crippen molar-refractivity contribution in [3.05, 3.63) is 99.3 Å². The van der Waals surface area contributed by atoms with Crippen LogP contribution in [0, 0.1) is 24.5 Å². The third-order valence-electron chi connectivity index (χ3n) is 8.45. The number of anilines is 2. The molecule has 4 aromatic rings. The van der Waals surface area contributed by atoms with Crippen LogP contribution in [0.5, 0.6) is 0 Å². The van der Waals surface area contributed by atoms with Gasteiger partial charge in [-0.05, 0) is 48.7 Å². The second kappa shape index (κ2) is 13.1.